The number of rotatable bonds is 2. The van der Waals surface area contributed by atoms with E-state index in [1.807, 2.05) is 0 Å². The zero-order chi connectivity index (χ0) is 14.9. The molecule has 6 heteroatoms. The van der Waals surface area contributed by atoms with E-state index in [1.165, 1.54) is 31.5 Å². The minimum atomic E-state index is -4.40. The lowest BCUT2D eigenvalue weighted by molar-refractivity contribution is -0.137. The number of aliphatic hydroxyl groups excluding tert-OH is 1. The molecule has 0 bridgehead atoms. The highest BCUT2D eigenvalue weighted by Crippen LogP contribution is 2.34. The Bertz CT molecular complexity index is 628. The molecule has 0 aliphatic rings. The van der Waals surface area contributed by atoms with Crippen LogP contribution >= 0.6 is 11.6 Å². The monoisotopic (exact) mass is 301 g/mol. The van der Waals surface area contributed by atoms with Crippen molar-refractivity contribution in [2.24, 2.45) is 0 Å². The van der Waals surface area contributed by atoms with E-state index in [2.05, 4.69) is 4.98 Å². The van der Waals surface area contributed by atoms with Gasteiger partial charge in [-0.05, 0) is 36.2 Å². The summed E-state index contributed by atoms with van der Waals surface area (Å²) in [7, 11) is 0. The Labute approximate surface area is 118 Å². The second-order valence-electron chi connectivity index (χ2n) is 4.37. The Hall–Kier alpha value is -1.59. The molecule has 1 unspecified atom stereocenters. The average Bonchev–Trinajstić information content (AvgIpc) is 2.37. The fourth-order valence-corrected chi connectivity index (χ4v) is 2.16. The molecule has 2 aromatic rings. The first kappa shape index (κ1) is 14.8. The molecule has 0 aliphatic heterocycles. The topological polar surface area (TPSA) is 33.1 Å². The van der Waals surface area contributed by atoms with E-state index in [0.717, 1.165) is 12.1 Å². The van der Waals surface area contributed by atoms with Crippen LogP contribution in [0.15, 0.2) is 36.7 Å². The van der Waals surface area contributed by atoms with E-state index in [9.17, 15) is 18.3 Å². The first-order chi connectivity index (χ1) is 9.30. The molecule has 20 heavy (non-hydrogen) atoms. The fourth-order valence-electron chi connectivity index (χ4n) is 1.93. The second-order valence-corrected chi connectivity index (χ2v) is 4.78. The standard InChI is InChI=1S/C14H11ClF3NO/c1-8-6-9(14(16,17)18)2-3-10(8)13(20)11-4-5-19-7-12(11)15/h2-7,13,20H,1H3. The molecule has 1 aromatic heterocycles. The average molecular weight is 302 g/mol. The van der Waals surface area contributed by atoms with Gasteiger partial charge in [-0.1, -0.05) is 17.7 Å². The summed E-state index contributed by atoms with van der Waals surface area (Å²) in [5, 5.41) is 10.5. The minimum absolute atomic E-state index is 0.263. The highest BCUT2D eigenvalue weighted by molar-refractivity contribution is 6.31. The van der Waals surface area contributed by atoms with E-state index < -0.39 is 17.8 Å². The quantitative estimate of drug-likeness (QED) is 0.904. The Balaban J connectivity index is 2.42. The summed E-state index contributed by atoms with van der Waals surface area (Å²) in [6.45, 7) is 1.52. The van der Waals surface area contributed by atoms with Crippen molar-refractivity contribution in [3.05, 3.63) is 63.9 Å². The Morgan fingerprint density at radius 1 is 1.20 bits per heavy atom. The molecule has 0 aliphatic carbocycles. The molecular formula is C14H11ClF3NO. The number of aromatic nitrogens is 1. The van der Waals surface area contributed by atoms with Gasteiger partial charge in [0.25, 0.3) is 0 Å². The van der Waals surface area contributed by atoms with E-state index in [4.69, 9.17) is 11.6 Å². The number of aryl methyl sites for hydroxylation is 1. The van der Waals surface area contributed by atoms with Crippen LogP contribution in [0.25, 0.3) is 0 Å². The molecule has 0 fully saturated rings. The number of hydrogen-bond donors (Lipinski definition) is 1. The number of pyridine rings is 1. The number of halogens is 4. The molecular weight excluding hydrogens is 291 g/mol. The van der Waals surface area contributed by atoms with E-state index >= 15 is 0 Å². The molecule has 2 rings (SSSR count). The van der Waals surface area contributed by atoms with E-state index in [1.54, 1.807) is 0 Å². The molecule has 1 atom stereocenters. The van der Waals surface area contributed by atoms with Gasteiger partial charge >= 0.3 is 6.18 Å². The Kier molecular flexibility index (Phi) is 4.01. The van der Waals surface area contributed by atoms with Gasteiger partial charge in [-0.15, -0.1) is 0 Å². The molecule has 1 aromatic carbocycles. The maximum atomic E-state index is 12.6. The van der Waals surface area contributed by atoms with Crippen molar-refractivity contribution < 1.29 is 18.3 Å². The largest absolute Gasteiger partial charge is 0.416 e. The van der Waals surface area contributed by atoms with Crippen molar-refractivity contribution in [2.45, 2.75) is 19.2 Å². The smallest absolute Gasteiger partial charge is 0.384 e. The molecule has 106 valence electrons. The summed E-state index contributed by atoms with van der Waals surface area (Å²) in [4.78, 5) is 3.80. The van der Waals surface area contributed by atoms with Crippen LogP contribution in [0.4, 0.5) is 13.2 Å². The predicted octanol–water partition coefficient (Wildman–Crippen LogP) is 4.14. The number of hydrogen-bond acceptors (Lipinski definition) is 2. The number of aliphatic hydroxyl groups is 1. The van der Waals surface area contributed by atoms with Crippen LogP contribution in [-0.2, 0) is 6.18 Å². The van der Waals surface area contributed by atoms with Crippen molar-refractivity contribution in [3.63, 3.8) is 0 Å². The summed E-state index contributed by atoms with van der Waals surface area (Å²) in [5.41, 5.74) is 0.391. The first-order valence-electron chi connectivity index (χ1n) is 5.76. The first-order valence-corrected chi connectivity index (χ1v) is 6.13. The van der Waals surface area contributed by atoms with Crippen LogP contribution in [0.3, 0.4) is 0 Å². The third-order valence-corrected chi connectivity index (χ3v) is 3.31. The maximum absolute atomic E-state index is 12.6. The second kappa shape index (κ2) is 5.42. The van der Waals surface area contributed by atoms with E-state index in [-0.39, 0.29) is 5.02 Å². The van der Waals surface area contributed by atoms with Gasteiger partial charge in [0, 0.05) is 18.0 Å². The minimum Gasteiger partial charge on any atom is -0.384 e. The highest BCUT2D eigenvalue weighted by atomic mass is 35.5. The number of nitrogens with zero attached hydrogens (tertiary/aromatic N) is 1. The number of alkyl halides is 3. The van der Waals surface area contributed by atoms with Crippen molar-refractivity contribution in [2.75, 3.05) is 0 Å². The lowest BCUT2D eigenvalue weighted by Crippen LogP contribution is -2.08. The van der Waals surface area contributed by atoms with Crippen LogP contribution in [0.2, 0.25) is 5.02 Å². The number of benzene rings is 1. The molecule has 1 N–H and O–H groups in total. The zero-order valence-corrected chi connectivity index (χ0v) is 11.2. The lowest BCUT2D eigenvalue weighted by atomic mass is 9.96. The van der Waals surface area contributed by atoms with Gasteiger partial charge in [-0.3, -0.25) is 4.98 Å². The van der Waals surface area contributed by atoms with Crippen molar-refractivity contribution in [1.82, 2.24) is 4.98 Å². The fraction of sp³-hybridized carbons (Fsp3) is 0.214. The molecule has 0 saturated heterocycles. The normalized spacial score (nSPS) is 13.3. The van der Waals surface area contributed by atoms with Crippen molar-refractivity contribution in [3.8, 4) is 0 Å². The van der Waals surface area contributed by atoms with Gasteiger partial charge in [0.15, 0.2) is 0 Å². The van der Waals surface area contributed by atoms with Crippen LogP contribution < -0.4 is 0 Å². The van der Waals surface area contributed by atoms with Crippen molar-refractivity contribution >= 4 is 11.6 Å². The van der Waals surface area contributed by atoms with Gasteiger partial charge in [0.2, 0.25) is 0 Å². The summed E-state index contributed by atoms with van der Waals surface area (Å²) in [5.74, 6) is 0. The Morgan fingerprint density at radius 3 is 2.45 bits per heavy atom. The van der Waals surface area contributed by atoms with Gasteiger partial charge in [0.05, 0.1) is 10.6 Å². The zero-order valence-electron chi connectivity index (χ0n) is 10.4. The molecule has 1 heterocycles. The third kappa shape index (κ3) is 2.94. The van der Waals surface area contributed by atoms with Crippen LogP contribution in [0.5, 0.6) is 0 Å². The lowest BCUT2D eigenvalue weighted by Gasteiger charge is -2.17. The molecule has 0 spiro atoms. The maximum Gasteiger partial charge on any atom is 0.416 e. The van der Waals surface area contributed by atoms with Crippen LogP contribution in [0.1, 0.15) is 28.4 Å². The summed E-state index contributed by atoms with van der Waals surface area (Å²) in [6, 6.07) is 4.75. The third-order valence-electron chi connectivity index (χ3n) is 2.99. The molecule has 0 radical (unpaired) electrons. The van der Waals surface area contributed by atoms with Gasteiger partial charge in [0.1, 0.15) is 6.10 Å². The van der Waals surface area contributed by atoms with Crippen molar-refractivity contribution in [1.29, 1.82) is 0 Å². The SMILES string of the molecule is Cc1cc(C(F)(F)F)ccc1C(O)c1ccncc1Cl. The van der Waals surface area contributed by atoms with Crippen LogP contribution in [-0.4, -0.2) is 10.1 Å². The van der Waals surface area contributed by atoms with E-state index in [0.29, 0.717) is 16.7 Å². The van der Waals surface area contributed by atoms with Gasteiger partial charge in [-0.25, -0.2) is 0 Å². The highest BCUT2D eigenvalue weighted by Gasteiger charge is 2.31. The molecule has 0 saturated carbocycles. The Morgan fingerprint density at radius 2 is 1.90 bits per heavy atom. The summed E-state index contributed by atoms with van der Waals surface area (Å²) >= 11 is 5.92. The summed E-state index contributed by atoms with van der Waals surface area (Å²) < 4.78 is 37.8. The predicted molar refractivity (Wildman–Crippen MR) is 69.5 cm³/mol. The molecule has 0 amide bonds. The van der Waals surface area contributed by atoms with Gasteiger partial charge < -0.3 is 5.11 Å². The van der Waals surface area contributed by atoms with Crippen LogP contribution in [0, 0.1) is 6.92 Å². The van der Waals surface area contributed by atoms with Gasteiger partial charge in [-0.2, -0.15) is 13.2 Å². The molecule has 2 nitrogen and oxygen atoms in total. The summed E-state index contributed by atoms with van der Waals surface area (Å²) in [6.07, 6.45) is -2.65.